The van der Waals surface area contributed by atoms with Crippen LogP contribution in [0.1, 0.15) is 61.4 Å². The SMILES string of the molecule is [2H]c1nc(Br)c([2H])c(C2([2H])C([2H])([2H])N(C(=O)OC(C)(C)C)C([2H])([2H])C([2H])([2H])C2([2H])[2H])c1[2H]. The van der Waals surface area contributed by atoms with E-state index in [1.54, 1.807) is 0 Å². The molecule has 1 atom stereocenters. The first-order valence-corrected chi connectivity index (χ1v) is 6.46. The van der Waals surface area contributed by atoms with Crippen LogP contribution in [0.2, 0.25) is 0 Å². The Balaban J connectivity index is 3.03. The molecular formula is C15H21BrN2O2. The van der Waals surface area contributed by atoms with Crippen molar-refractivity contribution in [2.24, 2.45) is 0 Å². The average Bonchev–Trinajstić information content (AvgIpc) is 2.56. The lowest BCUT2D eigenvalue weighted by Crippen LogP contribution is -2.42. The number of halogens is 1. The van der Waals surface area contributed by atoms with Gasteiger partial charge in [0, 0.05) is 34.7 Å². The summed E-state index contributed by atoms with van der Waals surface area (Å²) in [6.45, 7) is -3.20. The standard InChI is InChI=1S/C15H21BrN2O2/c1-15(2,3)20-14(19)18-8-4-5-12(10-18)11-6-7-17-13(16)9-11/h6-7,9,12H,4-5,8,10H2,1-3H3/i4D2,5D2,6D,7D,8D2,9D,10D2,12D. The van der Waals surface area contributed by atoms with E-state index >= 15 is 0 Å². The van der Waals surface area contributed by atoms with Gasteiger partial charge in [-0.3, -0.25) is 0 Å². The molecular weight excluding hydrogens is 320 g/mol. The van der Waals surface area contributed by atoms with Crippen LogP contribution >= 0.6 is 15.9 Å². The summed E-state index contributed by atoms with van der Waals surface area (Å²) in [5.41, 5.74) is -2.36. The molecule has 110 valence electrons. The number of amides is 1. The van der Waals surface area contributed by atoms with Crippen molar-refractivity contribution in [1.82, 2.24) is 9.88 Å². The molecule has 1 aromatic rings. The third-order valence-corrected chi connectivity index (χ3v) is 2.34. The van der Waals surface area contributed by atoms with Crippen molar-refractivity contribution in [1.29, 1.82) is 0 Å². The highest BCUT2D eigenvalue weighted by atomic mass is 79.9. The topological polar surface area (TPSA) is 42.4 Å². The Labute approximate surface area is 145 Å². The van der Waals surface area contributed by atoms with E-state index in [1.807, 2.05) is 0 Å². The maximum atomic E-state index is 12.9. The van der Waals surface area contributed by atoms with Crippen LogP contribution in [-0.2, 0) is 4.74 Å². The molecule has 1 fully saturated rings. The zero-order valence-corrected chi connectivity index (χ0v) is 12.7. The van der Waals surface area contributed by atoms with Crippen molar-refractivity contribution in [2.45, 2.75) is 45.0 Å². The van der Waals surface area contributed by atoms with Crippen LogP contribution < -0.4 is 0 Å². The van der Waals surface area contributed by atoms with Gasteiger partial charge in [-0.15, -0.1) is 0 Å². The Morgan fingerprint density at radius 2 is 2.45 bits per heavy atom. The first kappa shape index (κ1) is 5.95. The number of aromatic nitrogens is 1. The van der Waals surface area contributed by atoms with Crippen LogP contribution in [-0.4, -0.2) is 34.6 Å². The van der Waals surface area contributed by atoms with Gasteiger partial charge in [0.25, 0.3) is 0 Å². The van der Waals surface area contributed by atoms with Gasteiger partial charge >= 0.3 is 6.09 Å². The maximum absolute atomic E-state index is 12.9. The van der Waals surface area contributed by atoms with Crippen molar-refractivity contribution in [3.8, 4) is 0 Å². The predicted molar refractivity (Wildman–Crippen MR) is 81.7 cm³/mol. The number of likely N-dealkylation sites (tertiary alicyclic amines) is 1. The van der Waals surface area contributed by atoms with Crippen LogP contribution in [0.25, 0.3) is 0 Å². The Morgan fingerprint density at radius 1 is 1.70 bits per heavy atom. The summed E-state index contributed by atoms with van der Waals surface area (Å²) in [7, 11) is 0. The molecule has 2 heterocycles. The van der Waals surface area contributed by atoms with E-state index in [0.717, 1.165) is 0 Å². The molecule has 0 N–H and O–H groups in total. The number of nitrogens with zero attached hydrogens (tertiary/aromatic N) is 2. The minimum absolute atomic E-state index is 0.337. The number of hydrogen-bond donors (Lipinski definition) is 0. The van der Waals surface area contributed by atoms with Crippen molar-refractivity contribution in [3.63, 3.8) is 0 Å². The fraction of sp³-hybridized carbons (Fsp3) is 0.600. The summed E-state index contributed by atoms with van der Waals surface area (Å²) in [6.07, 6.45) is -10.1. The van der Waals surface area contributed by atoms with Crippen LogP contribution in [0, 0.1) is 0 Å². The van der Waals surface area contributed by atoms with E-state index in [0.29, 0.717) is 0 Å². The van der Waals surface area contributed by atoms with E-state index in [4.69, 9.17) is 21.2 Å². The Bertz CT molecular complexity index is 938. The third-order valence-electron chi connectivity index (χ3n) is 1.97. The fourth-order valence-corrected chi connectivity index (χ4v) is 1.54. The monoisotopic (exact) mass is 352 g/mol. The number of carbonyl (C=O) groups excluding carboxylic acids is 1. The number of rotatable bonds is 1. The minimum atomic E-state index is -3.76. The molecule has 1 unspecified atom stereocenters. The van der Waals surface area contributed by atoms with E-state index < -0.39 is 71.8 Å². The Kier molecular flexibility index (Phi) is 1.82. The van der Waals surface area contributed by atoms with Gasteiger partial charge in [-0.1, -0.05) is 0 Å². The summed E-state index contributed by atoms with van der Waals surface area (Å²) in [4.78, 5) is 16.1. The molecule has 1 aliphatic rings. The predicted octanol–water partition coefficient (Wildman–Crippen LogP) is 3.96. The van der Waals surface area contributed by atoms with Crippen LogP contribution in [0.5, 0.6) is 0 Å². The molecule has 1 aromatic heterocycles. The zero-order chi connectivity index (χ0) is 25.5. The molecule has 0 radical (unpaired) electrons. The number of hydrogen-bond acceptors (Lipinski definition) is 3. The van der Waals surface area contributed by atoms with Gasteiger partial charge < -0.3 is 9.64 Å². The van der Waals surface area contributed by atoms with E-state index in [-0.39, 0.29) is 4.90 Å². The normalized spacial score (nSPS) is 42.3. The number of ether oxygens (including phenoxy) is 1. The Hall–Kier alpha value is -1.10. The van der Waals surface area contributed by atoms with Gasteiger partial charge in [-0.05, 0) is 67.1 Å². The summed E-state index contributed by atoms with van der Waals surface area (Å²) in [6, 6.07) is -1.92. The van der Waals surface area contributed by atoms with Gasteiger partial charge in [0.1, 0.15) is 10.2 Å². The molecule has 2 rings (SSSR count). The van der Waals surface area contributed by atoms with Crippen molar-refractivity contribution in [3.05, 3.63) is 28.4 Å². The molecule has 0 spiro atoms. The lowest BCUT2D eigenvalue weighted by atomic mass is 9.91. The lowest BCUT2D eigenvalue weighted by Gasteiger charge is -2.34. The first-order chi connectivity index (χ1) is 14.0. The molecule has 0 aromatic carbocycles. The second kappa shape index (κ2) is 6.12. The largest absolute Gasteiger partial charge is 0.444 e. The molecule has 1 aliphatic heterocycles. The summed E-state index contributed by atoms with van der Waals surface area (Å²) in [5.74, 6) is -3.60. The summed E-state index contributed by atoms with van der Waals surface area (Å²) >= 11 is 2.83. The van der Waals surface area contributed by atoms with Crippen molar-refractivity contribution in [2.75, 3.05) is 13.0 Å². The van der Waals surface area contributed by atoms with Crippen LogP contribution in [0.4, 0.5) is 4.79 Å². The highest BCUT2D eigenvalue weighted by Crippen LogP contribution is 2.28. The minimum Gasteiger partial charge on any atom is -0.444 e. The molecule has 5 heteroatoms. The van der Waals surface area contributed by atoms with Crippen molar-refractivity contribution < 1.29 is 26.0 Å². The van der Waals surface area contributed by atoms with Gasteiger partial charge in [0.2, 0.25) is 0 Å². The van der Waals surface area contributed by atoms with E-state index in [1.165, 1.54) is 20.8 Å². The van der Waals surface area contributed by atoms with Crippen LogP contribution in [0.15, 0.2) is 22.9 Å². The van der Waals surface area contributed by atoms with Gasteiger partial charge in [-0.25, -0.2) is 9.78 Å². The highest BCUT2D eigenvalue weighted by molar-refractivity contribution is 9.10. The Morgan fingerprint density at radius 3 is 3.15 bits per heavy atom. The second-order valence-electron chi connectivity index (χ2n) is 4.80. The summed E-state index contributed by atoms with van der Waals surface area (Å²) < 4.78 is 104. The first-order valence-electron chi connectivity index (χ1n) is 11.7. The number of carbonyl (C=O) groups is 1. The average molecular weight is 353 g/mol. The number of piperidine rings is 1. The lowest BCUT2D eigenvalue weighted by molar-refractivity contribution is 0.0198. The molecule has 0 aliphatic carbocycles. The molecule has 4 nitrogen and oxygen atoms in total. The van der Waals surface area contributed by atoms with Gasteiger partial charge in [0.15, 0.2) is 0 Å². The number of pyridine rings is 1. The molecule has 0 saturated carbocycles. The zero-order valence-electron chi connectivity index (χ0n) is 23.1. The van der Waals surface area contributed by atoms with Crippen molar-refractivity contribution >= 4 is 22.0 Å². The second-order valence-corrected chi connectivity index (χ2v) is 5.55. The fourth-order valence-electron chi connectivity index (χ4n) is 1.25. The smallest absolute Gasteiger partial charge is 0.410 e. The van der Waals surface area contributed by atoms with Crippen LogP contribution in [0.3, 0.4) is 0 Å². The molecule has 1 saturated heterocycles. The van der Waals surface area contributed by atoms with E-state index in [9.17, 15) is 4.79 Å². The molecule has 1 amide bonds. The summed E-state index contributed by atoms with van der Waals surface area (Å²) in [5, 5.41) is 0. The quantitative estimate of drug-likeness (QED) is 0.718. The van der Waals surface area contributed by atoms with E-state index in [2.05, 4.69) is 20.9 Å². The third kappa shape index (κ3) is 4.20. The maximum Gasteiger partial charge on any atom is 0.410 e. The molecule has 20 heavy (non-hydrogen) atoms. The van der Waals surface area contributed by atoms with Gasteiger partial charge in [0.05, 0.1) is 6.85 Å². The molecule has 0 bridgehead atoms. The highest BCUT2D eigenvalue weighted by Gasteiger charge is 2.28. The van der Waals surface area contributed by atoms with Gasteiger partial charge in [-0.2, -0.15) is 0 Å².